The van der Waals surface area contributed by atoms with Crippen molar-refractivity contribution in [2.75, 3.05) is 23.6 Å². The summed E-state index contributed by atoms with van der Waals surface area (Å²) >= 11 is 0. The molecule has 1 heterocycles. The Morgan fingerprint density at radius 1 is 1.41 bits per heavy atom. The van der Waals surface area contributed by atoms with E-state index in [1.807, 2.05) is 0 Å². The van der Waals surface area contributed by atoms with E-state index in [9.17, 15) is 13.2 Å². The fourth-order valence-corrected chi connectivity index (χ4v) is 3.54. The quantitative estimate of drug-likeness (QED) is 0.842. The number of hydrogen-bond acceptors (Lipinski definition) is 4. The first-order chi connectivity index (χ1) is 9.93. The van der Waals surface area contributed by atoms with E-state index in [-0.39, 0.29) is 30.1 Å². The summed E-state index contributed by atoms with van der Waals surface area (Å²) in [6, 6.07) is 6.67. The average Bonchev–Trinajstić information content (AvgIpc) is 2.84. The van der Waals surface area contributed by atoms with Gasteiger partial charge in [-0.3, -0.25) is 9.52 Å². The maximum atomic E-state index is 12.5. The first-order valence-electron chi connectivity index (χ1n) is 7.07. The van der Waals surface area contributed by atoms with Crippen molar-refractivity contribution in [3.05, 3.63) is 29.8 Å². The van der Waals surface area contributed by atoms with E-state index >= 15 is 0 Å². The average molecular weight is 348 g/mol. The molecule has 0 unspecified atom stereocenters. The number of rotatable bonds is 5. The summed E-state index contributed by atoms with van der Waals surface area (Å²) in [4.78, 5) is 14.2. The van der Waals surface area contributed by atoms with Crippen LogP contribution < -0.4 is 10.5 Å². The highest BCUT2D eigenvalue weighted by Gasteiger charge is 2.26. The second-order valence-electron chi connectivity index (χ2n) is 5.27. The molecule has 124 valence electrons. The van der Waals surface area contributed by atoms with E-state index < -0.39 is 10.0 Å². The molecule has 1 saturated heterocycles. The molecule has 0 radical (unpaired) electrons. The molecule has 1 aliphatic heterocycles. The predicted octanol–water partition coefficient (Wildman–Crippen LogP) is 1.43. The summed E-state index contributed by atoms with van der Waals surface area (Å²) in [6.07, 6.45) is 1.29. The van der Waals surface area contributed by atoms with Gasteiger partial charge in [0, 0.05) is 19.1 Å². The second-order valence-corrected chi connectivity index (χ2v) is 7.11. The van der Waals surface area contributed by atoms with Crippen LogP contribution in [0.5, 0.6) is 0 Å². The van der Waals surface area contributed by atoms with Crippen molar-refractivity contribution in [2.24, 2.45) is 5.73 Å². The highest BCUT2D eigenvalue weighted by atomic mass is 35.5. The topological polar surface area (TPSA) is 92.5 Å². The zero-order valence-corrected chi connectivity index (χ0v) is 14.1. The molecule has 1 aliphatic rings. The van der Waals surface area contributed by atoms with Crippen LogP contribution in [0.4, 0.5) is 5.69 Å². The van der Waals surface area contributed by atoms with E-state index in [1.165, 1.54) is 0 Å². The second kappa shape index (κ2) is 7.80. The number of benzene rings is 1. The van der Waals surface area contributed by atoms with E-state index in [2.05, 4.69) is 4.72 Å². The van der Waals surface area contributed by atoms with Gasteiger partial charge in [0.25, 0.3) is 5.91 Å². The monoisotopic (exact) mass is 347 g/mol. The zero-order chi connectivity index (χ0) is 15.5. The predicted molar refractivity (Wildman–Crippen MR) is 89.9 cm³/mol. The van der Waals surface area contributed by atoms with Crippen molar-refractivity contribution in [3.63, 3.8) is 0 Å². The third-order valence-corrected chi connectivity index (χ3v) is 4.88. The van der Waals surface area contributed by atoms with Crippen LogP contribution in [0.15, 0.2) is 24.3 Å². The molecule has 8 heteroatoms. The molecule has 6 nitrogen and oxygen atoms in total. The Labute approximate surface area is 137 Å². The molecule has 1 aromatic carbocycles. The summed E-state index contributed by atoms with van der Waals surface area (Å²) in [5.74, 6) is -0.151. The smallest absolute Gasteiger partial charge is 0.256 e. The van der Waals surface area contributed by atoms with Gasteiger partial charge >= 0.3 is 0 Å². The number of nitrogens with one attached hydrogen (secondary N) is 1. The van der Waals surface area contributed by atoms with Crippen LogP contribution >= 0.6 is 12.4 Å². The van der Waals surface area contributed by atoms with Gasteiger partial charge < -0.3 is 10.6 Å². The Morgan fingerprint density at radius 2 is 2.09 bits per heavy atom. The lowest BCUT2D eigenvalue weighted by Gasteiger charge is -2.18. The van der Waals surface area contributed by atoms with Gasteiger partial charge in [-0.1, -0.05) is 19.1 Å². The molecule has 2 rings (SSSR count). The Morgan fingerprint density at radius 3 is 2.68 bits per heavy atom. The summed E-state index contributed by atoms with van der Waals surface area (Å²) in [6.45, 7) is 2.91. The maximum absolute atomic E-state index is 12.5. The summed E-state index contributed by atoms with van der Waals surface area (Å²) in [7, 11) is -3.42. The molecular weight excluding hydrogens is 326 g/mol. The fraction of sp³-hybridized carbons (Fsp3) is 0.500. The van der Waals surface area contributed by atoms with Crippen molar-refractivity contribution in [1.82, 2.24) is 4.90 Å². The van der Waals surface area contributed by atoms with Gasteiger partial charge in [-0.05, 0) is 25.0 Å². The third-order valence-electron chi connectivity index (χ3n) is 3.41. The number of carbonyl (C=O) groups is 1. The molecule has 0 saturated carbocycles. The number of nitrogens with two attached hydrogens (primary N) is 1. The Bertz CT molecular complexity index is 622. The van der Waals surface area contributed by atoms with Crippen LogP contribution in [0.25, 0.3) is 0 Å². The molecule has 1 amide bonds. The molecule has 1 aromatic rings. The third kappa shape index (κ3) is 4.59. The fourth-order valence-electron chi connectivity index (χ4n) is 2.39. The van der Waals surface area contributed by atoms with Gasteiger partial charge in [-0.25, -0.2) is 8.42 Å². The van der Waals surface area contributed by atoms with Crippen molar-refractivity contribution in [1.29, 1.82) is 0 Å². The largest absolute Gasteiger partial charge is 0.337 e. The number of amides is 1. The summed E-state index contributed by atoms with van der Waals surface area (Å²) in [5, 5.41) is 0. The highest BCUT2D eigenvalue weighted by molar-refractivity contribution is 7.92. The van der Waals surface area contributed by atoms with Crippen LogP contribution in [-0.4, -0.2) is 44.1 Å². The lowest BCUT2D eigenvalue weighted by atomic mass is 10.1. The van der Waals surface area contributed by atoms with Crippen LogP contribution in [-0.2, 0) is 10.0 Å². The van der Waals surface area contributed by atoms with Gasteiger partial charge in [-0.2, -0.15) is 0 Å². The number of likely N-dealkylation sites (tertiary alicyclic amines) is 1. The number of hydrogen-bond donors (Lipinski definition) is 2. The first kappa shape index (κ1) is 18.7. The minimum absolute atomic E-state index is 0. The van der Waals surface area contributed by atoms with E-state index in [4.69, 9.17) is 5.73 Å². The van der Waals surface area contributed by atoms with Gasteiger partial charge in [0.05, 0.1) is 17.0 Å². The summed E-state index contributed by atoms with van der Waals surface area (Å²) in [5.41, 5.74) is 6.51. The minimum atomic E-state index is -3.42. The standard InChI is InChI=1S/C14H21N3O3S.ClH/c1-2-9-21(19,20)16-13-6-4-3-5-12(13)14(18)17-8-7-11(15)10-17;/h3-6,11,16H,2,7-10,15H2,1H3;1H/t11-;/m1./s1. The number of anilines is 1. The van der Waals surface area contributed by atoms with E-state index in [0.717, 1.165) is 6.42 Å². The van der Waals surface area contributed by atoms with Crippen LogP contribution in [0.2, 0.25) is 0 Å². The van der Waals surface area contributed by atoms with Crippen molar-refractivity contribution >= 4 is 34.0 Å². The van der Waals surface area contributed by atoms with Gasteiger partial charge in [0.15, 0.2) is 0 Å². The summed E-state index contributed by atoms with van der Waals surface area (Å²) < 4.78 is 26.3. The SMILES string of the molecule is CCCS(=O)(=O)Nc1ccccc1C(=O)N1CC[C@@H](N)C1.Cl. The lowest BCUT2D eigenvalue weighted by molar-refractivity contribution is 0.0792. The molecular formula is C14H22ClN3O3S. The Balaban J connectivity index is 0.00000242. The molecule has 0 spiro atoms. The highest BCUT2D eigenvalue weighted by Crippen LogP contribution is 2.21. The molecule has 1 atom stereocenters. The molecule has 0 aromatic heterocycles. The minimum Gasteiger partial charge on any atom is -0.337 e. The Hall–Kier alpha value is -1.31. The van der Waals surface area contributed by atoms with Crippen molar-refractivity contribution in [3.8, 4) is 0 Å². The van der Waals surface area contributed by atoms with E-state index in [1.54, 1.807) is 36.1 Å². The van der Waals surface area contributed by atoms with Crippen molar-refractivity contribution < 1.29 is 13.2 Å². The Kier molecular flexibility index (Phi) is 6.65. The first-order valence-corrected chi connectivity index (χ1v) is 8.72. The van der Waals surface area contributed by atoms with Crippen LogP contribution in [0.3, 0.4) is 0 Å². The molecule has 0 bridgehead atoms. The van der Waals surface area contributed by atoms with Gasteiger partial charge in [0.1, 0.15) is 0 Å². The molecule has 3 N–H and O–H groups in total. The number of halogens is 1. The number of carbonyl (C=O) groups excluding carboxylic acids is 1. The zero-order valence-electron chi connectivity index (χ0n) is 12.5. The van der Waals surface area contributed by atoms with Crippen LogP contribution in [0, 0.1) is 0 Å². The lowest BCUT2D eigenvalue weighted by Crippen LogP contribution is -2.32. The normalized spacial score (nSPS) is 17.9. The number of para-hydroxylation sites is 1. The maximum Gasteiger partial charge on any atom is 0.256 e. The molecule has 22 heavy (non-hydrogen) atoms. The molecule has 1 fully saturated rings. The van der Waals surface area contributed by atoms with Crippen LogP contribution in [0.1, 0.15) is 30.1 Å². The number of nitrogens with zero attached hydrogens (tertiary/aromatic N) is 1. The van der Waals surface area contributed by atoms with Gasteiger partial charge in [-0.15, -0.1) is 12.4 Å². The van der Waals surface area contributed by atoms with Crippen molar-refractivity contribution in [2.45, 2.75) is 25.8 Å². The van der Waals surface area contributed by atoms with Gasteiger partial charge in [0.2, 0.25) is 10.0 Å². The molecule has 0 aliphatic carbocycles. The van der Waals surface area contributed by atoms with E-state index in [0.29, 0.717) is 30.8 Å². The number of sulfonamides is 1.